The third-order valence-corrected chi connectivity index (χ3v) is 7.34. The maximum Gasteiger partial charge on any atom is 0.296 e. The van der Waals surface area contributed by atoms with Crippen LogP contribution in [0, 0.1) is 6.92 Å². The molecular formula is C23H29N3O5S. The lowest BCUT2D eigenvalue weighted by atomic mass is 10.1. The van der Waals surface area contributed by atoms with Crippen LogP contribution in [-0.2, 0) is 19.6 Å². The Balaban J connectivity index is 1.95. The van der Waals surface area contributed by atoms with Crippen LogP contribution >= 0.6 is 0 Å². The van der Waals surface area contributed by atoms with Crippen molar-refractivity contribution in [2.24, 2.45) is 0 Å². The summed E-state index contributed by atoms with van der Waals surface area (Å²) in [6.07, 6.45) is 0. The molecule has 1 amide bonds. The van der Waals surface area contributed by atoms with Gasteiger partial charge in [0, 0.05) is 31.7 Å². The summed E-state index contributed by atoms with van der Waals surface area (Å²) in [5.41, 5.74) is 2.19. The van der Waals surface area contributed by atoms with Crippen molar-refractivity contribution in [3.63, 3.8) is 0 Å². The lowest BCUT2D eigenvalue weighted by Crippen LogP contribution is -2.40. The Kier molecular flexibility index (Phi) is 7.65. The van der Waals surface area contributed by atoms with Gasteiger partial charge in [-0.3, -0.25) is 9.59 Å². The molecule has 0 unspecified atom stereocenters. The van der Waals surface area contributed by atoms with Crippen LogP contribution in [0.15, 0.2) is 47.4 Å². The molecule has 2 aromatic rings. The highest BCUT2D eigenvalue weighted by molar-refractivity contribution is 7.89. The number of sulfonamides is 1. The van der Waals surface area contributed by atoms with Crippen LogP contribution in [0.5, 0.6) is 0 Å². The van der Waals surface area contributed by atoms with Gasteiger partial charge in [0.05, 0.1) is 29.5 Å². The van der Waals surface area contributed by atoms with Gasteiger partial charge < -0.3 is 15.0 Å². The number of morpholine rings is 1. The summed E-state index contributed by atoms with van der Waals surface area (Å²) in [4.78, 5) is 27.4. The van der Waals surface area contributed by atoms with Crippen LogP contribution in [-0.4, -0.2) is 63.8 Å². The molecule has 0 aliphatic carbocycles. The second-order valence-electron chi connectivity index (χ2n) is 7.52. The molecule has 0 atom stereocenters. The molecule has 1 N–H and O–H groups in total. The smallest absolute Gasteiger partial charge is 0.296 e. The summed E-state index contributed by atoms with van der Waals surface area (Å²) >= 11 is 0. The van der Waals surface area contributed by atoms with Crippen molar-refractivity contribution >= 4 is 33.1 Å². The number of benzene rings is 2. The number of carbonyl (C=O) groups excluding carboxylic acids is 2. The lowest BCUT2D eigenvalue weighted by Gasteiger charge is -2.28. The average Bonchev–Trinajstić information content (AvgIpc) is 2.81. The van der Waals surface area contributed by atoms with Crippen LogP contribution < -0.4 is 10.2 Å². The molecule has 0 bridgehead atoms. The minimum Gasteiger partial charge on any atom is -0.379 e. The first-order valence-electron chi connectivity index (χ1n) is 10.7. The predicted molar refractivity (Wildman–Crippen MR) is 124 cm³/mol. The summed E-state index contributed by atoms with van der Waals surface area (Å²) in [5.74, 6) is -1.50. The highest BCUT2D eigenvalue weighted by Gasteiger charge is 2.28. The van der Waals surface area contributed by atoms with Gasteiger partial charge in [-0.2, -0.15) is 4.31 Å². The number of carbonyl (C=O) groups is 2. The quantitative estimate of drug-likeness (QED) is 0.482. The normalized spacial score (nSPS) is 14.7. The van der Waals surface area contributed by atoms with Crippen LogP contribution in [0.2, 0.25) is 0 Å². The van der Waals surface area contributed by atoms with Gasteiger partial charge in [0.2, 0.25) is 10.0 Å². The zero-order chi connectivity index (χ0) is 23.3. The molecule has 3 rings (SSSR count). The number of ether oxygens (including phenoxy) is 1. The predicted octanol–water partition coefficient (Wildman–Crippen LogP) is 2.68. The first kappa shape index (κ1) is 23.9. The summed E-state index contributed by atoms with van der Waals surface area (Å²) < 4.78 is 32.8. The van der Waals surface area contributed by atoms with Crippen molar-refractivity contribution in [2.45, 2.75) is 25.7 Å². The standard InChI is InChI=1S/C23H29N3O5S/c1-4-25(5-2)21-11-10-19(32(29,30)26-12-14-31-15-13-26)16-20(21)24-23(28)22(27)18-8-6-17(3)7-9-18/h6-11,16H,4-5,12-15H2,1-3H3,(H,24,28). The molecule has 1 saturated heterocycles. The van der Waals surface area contributed by atoms with E-state index in [0.29, 0.717) is 32.0 Å². The van der Waals surface area contributed by atoms with E-state index in [2.05, 4.69) is 5.32 Å². The molecule has 1 aliphatic heterocycles. The number of ketones is 1. The molecule has 172 valence electrons. The molecule has 0 spiro atoms. The van der Waals surface area contributed by atoms with Crippen LogP contribution in [0.25, 0.3) is 0 Å². The van der Waals surface area contributed by atoms with Gasteiger partial charge in [0.25, 0.3) is 11.7 Å². The van der Waals surface area contributed by atoms with E-state index in [1.165, 1.54) is 16.4 Å². The summed E-state index contributed by atoms with van der Waals surface area (Å²) in [5, 5.41) is 2.65. The molecule has 0 aromatic heterocycles. The van der Waals surface area contributed by atoms with E-state index in [1.54, 1.807) is 30.3 Å². The molecule has 32 heavy (non-hydrogen) atoms. The fraction of sp³-hybridized carbons (Fsp3) is 0.391. The number of nitrogens with zero attached hydrogens (tertiary/aromatic N) is 2. The number of anilines is 2. The second kappa shape index (κ2) is 10.2. The molecular weight excluding hydrogens is 430 g/mol. The molecule has 1 heterocycles. The Hall–Kier alpha value is -2.75. The maximum atomic E-state index is 13.1. The van der Waals surface area contributed by atoms with Crippen molar-refractivity contribution < 1.29 is 22.7 Å². The number of nitrogens with one attached hydrogen (secondary N) is 1. The van der Waals surface area contributed by atoms with E-state index in [-0.39, 0.29) is 29.2 Å². The minimum absolute atomic E-state index is 0.0633. The van der Waals surface area contributed by atoms with Gasteiger partial charge in [-0.1, -0.05) is 29.8 Å². The van der Waals surface area contributed by atoms with Crippen molar-refractivity contribution in [1.29, 1.82) is 0 Å². The Labute approximate surface area is 189 Å². The van der Waals surface area contributed by atoms with E-state index in [4.69, 9.17) is 4.74 Å². The fourth-order valence-corrected chi connectivity index (χ4v) is 5.00. The Morgan fingerprint density at radius 2 is 1.66 bits per heavy atom. The number of aryl methyl sites for hydroxylation is 1. The van der Waals surface area contributed by atoms with Gasteiger partial charge >= 0.3 is 0 Å². The molecule has 2 aromatic carbocycles. The van der Waals surface area contributed by atoms with Gasteiger partial charge in [-0.15, -0.1) is 0 Å². The number of hydrogen-bond acceptors (Lipinski definition) is 6. The molecule has 8 nitrogen and oxygen atoms in total. The van der Waals surface area contributed by atoms with Gasteiger partial charge in [-0.05, 0) is 39.0 Å². The summed E-state index contributed by atoms with van der Waals surface area (Å²) in [6.45, 7) is 8.35. The van der Waals surface area contributed by atoms with E-state index in [1.807, 2.05) is 25.7 Å². The van der Waals surface area contributed by atoms with Crippen LogP contribution in [0.1, 0.15) is 29.8 Å². The molecule has 0 radical (unpaired) electrons. The summed E-state index contributed by atoms with van der Waals surface area (Å²) in [7, 11) is -3.75. The number of Topliss-reactive ketones (excluding diaryl/α,β-unsaturated/α-hetero) is 1. The topological polar surface area (TPSA) is 96.0 Å². The molecule has 0 saturated carbocycles. The van der Waals surface area contributed by atoms with Crippen molar-refractivity contribution in [3.8, 4) is 0 Å². The van der Waals surface area contributed by atoms with E-state index < -0.39 is 21.7 Å². The second-order valence-corrected chi connectivity index (χ2v) is 9.45. The average molecular weight is 460 g/mol. The van der Waals surface area contributed by atoms with Crippen molar-refractivity contribution in [1.82, 2.24) is 4.31 Å². The first-order chi connectivity index (χ1) is 15.3. The third-order valence-electron chi connectivity index (χ3n) is 5.45. The monoisotopic (exact) mass is 459 g/mol. The molecule has 9 heteroatoms. The minimum atomic E-state index is -3.75. The Morgan fingerprint density at radius 3 is 2.25 bits per heavy atom. The van der Waals surface area contributed by atoms with Gasteiger partial charge in [0.1, 0.15) is 0 Å². The zero-order valence-electron chi connectivity index (χ0n) is 18.6. The van der Waals surface area contributed by atoms with Gasteiger partial charge in [0.15, 0.2) is 0 Å². The van der Waals surface area contributed by atoms with Crippen LogP contribution in [0.4, 0.5) is 11.4 Å². The number of amides is 1. The van der Waals surface area contributed by atoms with E-state index in [0.717, 1.165) is 5.56 Å². The highest BCUT2D eigenvalue weighted by Crippen LogP contribution is 2.30. The van der Waals surface area contributed by atoms with Crippen LogP contribution in [0.3, 0.4) is 0 Å². The molecule has 1 aliphatic rings. The van der Waals surface area contributed by atoms with Crippen molar-refractivity contribution in [2.75, 3.05) is 49.6 Å². The maximum absolute atomic E-state index is 13.1. The van der Waals surface area contributed by atoms with E-state index >= 15 is 0 Å². The third kappa shape index (κ3) is 5.17. The Morgan fingerprint density at radius 1 is 1.03 bits per heavy atom. The number of hydrogen-bond donors (Lipinski definition) is 1. The first-order valence-corrected chi connectivity index (χ1v) is 12.1. The van der Waals surface area contributed by atoms with Gasteiger partial charge in [-0.25, -0.2) is 8.42 Å². The summed E-state index contributed by atoms with van der Waals surface area (Å²) in [6, 6.07) is 11.4. The molecule has 1 fully saturated rings. The Bertz CT molecular complexity index is 1070. The highest BCUT2D eigenvalue weighted by atomic mass is 32.2. The largest absolute Gasteiger partial charge is 0.379 e. The lowest BCUT2D eigenvalue weighted by molar-refractivity contribution is -0.112. The fourth-order valence-electron chi connectivity index (χ4n) is 3.57. The van der Waals surface area contributed by atoms with E-state index in [9.17, 15) is 18.0 Å². The SMILES string of the molecule is CCN(CC)c1ccc(S(=O)(=O)N2CCOCC2)cc1NC(=O)C(=O)c1ccc(C)cc1. The van der Waals surface area contributed by atoms with Crippen molar-refractivity contribution in [3.05, 3.63) is 53.6 Å². The number of rotatable bonds is 8. The zero-order valence-corrected chi connectivity index (χ0v) is 19.4.